The molecule has 3 N–H and O–H groups in total. The number of anilines is 1. The molecule has 6 nitrogen and oxygen atoms in total. The lowest BCUT2D eigenvalue weighted by Crippen LogP contribution is -2.27. The number of hydrogen-bond donors (Lipinski definition) is 3. The molecule has 6 heteroatoms. The Labute approximate surface area is 158 Å². The average Bonchev–Trinajstić information content (AvgIpc) is 2.67. The molecule has 0 aliphatic heterocycles. The normalized spacial score (nSPS) is 12.5. The molecule has 0 aliphatic carbocycles. The zero-order chi connectivity index (χ0) is 19.8. The van der Waals surface area contributed by atoms with Crippen molar-refractivity contribution in [3.8, 4) is 11.1 Å². The first kappa shape index (κ1) is 19.9. The van der Waals surface area contributed by atoms with Crippen LogP contribution in [0.3, 0.4) is 0 Å². The number of hydrogen-bond acceptors (Lipinski definition) is 3. The molecular formula is C21H23N3O3. The van der Waals surface area contributed by atoms with Crippen molar-refractivity contribution in [1.29, 1.82) is 0 Å². The monoisotopic (exact) mass is 365 g/mol. The molecule has 140 valence electrons. The van der Waals surface area contributed by atoms with Crippen molar-refractivity contribution < 1.29 is 14.7 Å². The van der Waals surface area contributed by atoms with Gasteiger partial charge >= 0.3 is 6.09 Å². The summed E-state index contributed by atoms with van der Waals surface area (Å²) in [7, 11) is 0. The van der Waals surface area contributed by atoms with Crippen LogP contribution in [0.1, 0.15) is 25.1 Å². The fourth-order valence-corrected chi connectivity index (χ4v) is 2.57. The fourth-order valence-electron chi connectivity index (χ4n) is 2.57. The van der Waals surface area contributed by atoms with Crippen molar-refractivity contribution in [2.45, 2.75) is 19.4 Å². The summed E-state index contributed by atoms with van der Waals surface area (Å²) < 4.78 is 0. The van der Waals surface area contributed by atoms with Crippen LogP contribution in [-0.2, 0) is 4.79 Å². The molecule has 2 atom stereocenters. The number of aromatic nitrogens is 1. The lowest BCUT2D eigenvalue weighted by Gasteiger charge is -2.17. The summed E-state index contributed by atoms with van der Waals surface area (Å²) in [6.45, 7) is 9.08. The SMILES string of the molecule is C=CC[C@H](NC(=O)O)c1cc(-c2ccccc2NC(=O)[C@H](C)C=C)ccn1. The minimum atomic E-state index is -1.12. The molecule has 27 heavy (non-hydrogen) atoms. The molecule has 1 heterocycles. The zero-order valence-corrected chi connectivity index (χ0v) is 15.2. The Bertz CT molecular complexity index is 848. The van der Waals surface area contributed by atoms with Crippen LogP contribution in [0.2, 0.25) is 0 Å². The van der Waals surface area contributed by atoms with Gasteiger partial charge in [0.15, 0.2) is 0 Å². The van der Waals surface area contributed by atoms with E-state index in [2.05, 4.69) is 28.8 Å². The smallest absolute Gasteiger partial charge is 0.405 e. The fraction of sp³-hybridized carbons (Fsp3) is 0.190. The maximum Gasteiger partial charge on any atom is 0.405 e. The predicted molar refractivity (Wildman–Crippen MR) is 106 cm³/mol. The quantitative estimate of drug-likeness (QED) is 0.605. The third-order valence-corrected chi connectivity index (χ3v) is 4.10. The van der Waals surface area contributed by atoms with Crippen LogP contribution >= 0.6 is 0 Å². The van der Waals surface area contributed by atoms with E-state index in [0.29, 0.717) is 17.8 Å². The number of carboxylic acid groups (broad SMARTS) is 1. The summed E-state index contributed by atoms with van der Waals surface area (Å²) in [5.74, 6) is -0.466. The summed E-state index contributed by atoms with van der Waals surface area (Å²) in [5, 5.41) is 14.4. The number of nitrogens with one attached hydrogen (secondary N) is 2. The van der Waals surface area contributed by atoms with Crippen molar-refractivity contribution in [2.75, 3.05) is 5.32 Å². The molecule has 1 aromatic carbocycles. The van der Waals surface area contributed by atoms with Crippen LogP contribution in [0.5, 0.6) is 0 Å². The van der Waals surface area contributed by atoms with Gasteiger partial charge < -0.3 is 15.7 Å². The third kappa shape index (κ3) is 5.28. The van der Waals surface area contributed by atoms with E-state index in [1.807, 2.05) is 36.4 Å². The van der Waals surface area contributed by atoms with Crippen molar-refractivity contribution in [3.05, 3.63) is 73.6 Å². The topological polar surface area (TPSA) is 91.3 Å². The van der Waals surface area contributed by atoms with Crippen LogP contribution in [0.25, 0.3) is 11.1 Å². The van der Waals surface area contributed by atoms with Crippen LogP contribution in [0.4, 0.5) is 10.5 Å². The minimum absolute atomic E-state index is 0.149. The van der Waals surface area contributed by atoms with Crippen LogP contribution in [0.15, 0.2) is 67.9 Å². The molecular weight excluding hydrogens is 342 g/mol. The van der Waals surface area contributed by atoms with Crippen molar-refractivity contribution >= 4 is 17.7 Å². The van der Waals surface area contributed by atoms with Gasteiger partial charge in [-0.2, -0.15) is 0 Å². The average molecular weight is 365 g/mol. The van der Waals surface area contributed by atoms with Crippen LogP contribution in [0, 0.1) is 5.92 Å². The number of amides is 2. The van der Waals surface area contributed by atoms with Gasteiger partial charge in [0.25, 0.3) is 0 Å². The van der Waals surface area contributed by atoms with Gasteiger partial charge in [-0.25, -0.2) is 4.79 Å². The molecule has 0 fully saturated rings. The van der Waals surface area contributed by atoms with Gasteiger partial charge in [0.2, 0.25) is 5.91 Å². The molecule has 0 radical (unpaired) electrons. The van der Waals surface area contributed by atoms with E-state index in [1.165, 1.54) is 0 Å². The maximum absolute atomic E-state index is 12.2. The zero-order valence-electron chi connectivity index (χ0n) is 15.2. The van der Waals surface area contributed by atoms with Crippen molar-refractivity contribution in [2.24, 2.45) is 5.92 Å². The summed E-state index contributed by atoms with van der Waals surface area (Å²) in [5.41, 5.74) is 2.89. The number of pyridine rings is 1. The molecule has 1 aromatic heterocycles. The van der Waals surface area contributed by atoms with E-state index in [9.17, 15) is 9.59 Å². The number of carbonyl (C=O) groups excluding carboxylic acids is 1. The molecule has 0 saturated heterocycles. The highest BCUT2D eigenvalue weighted by molar-refractivity contribution is 5.97. The van der Waals surface area contributed by atoms with E-state index in [4.69, 9.17) is 5.11 Å². The molecule has 2 rings (SSSR count). The number of para-hydroxylation sites is 1. The Morgan fingerprint density at radius 2 is 2.00 bits per heavy atom. The van der Waals surface area contributed by atoms with Crippen LogP contribution < -0.4 is 10.6 Å². The first-order chi connectivity index (χ1) is 13.0. The first-order valence-corrected chi connectivity index (χ1v) is 8.55. The summed E-state index contributed by atoms with van der Waals surface area (Å²) in [6, 6.07) is 10.6. The summed E-state index contributed by atoms with van der Waals surface area (Å²) >= 11 is 0. The van der Waals surface area contributed by atoms with E-state index >= 15 is 0 Å². The summed E-state index contributed by atoms with van der Waals surface area (Å²) in [4.78, 5) is 27.6. The van der Waals surface area contributed by atoms with Gasteiger partial charge in [0.05, 0.1) is 17.7 Å². The van der Waals surface area contributed by atoms with Crippen molar-refractivity contribution in [1.82, 2.24) is 10.3 Å². The van der Waals surface area contributed by atoms with Gasteiger partial charge in [-0.3, -0.25) is 9.78 Å². The lowest BCUT2D eigenvalue weighted by atomic mass is 10.0. The van der Waals surface area contributed by atoms with E-state index in [1.54, 1.807) is 25.3 Å². The Balaban J connectivity index is 2.39. The van der Waals surface area contributed by atoms with E-state index in [-0.39, 0.29) is 11.8 Å². The number of carbonyl (C=O) groups is 2. The molecule has 0 aliphatic rings. The Hall–Kier alpha value is -3.41. The number of benzene rings is 1. The van der Waals surface area contributed by atoms with Crippen molar-refractivity contribution in [3.63, 3.8) is 0 Å². The third-order valence-electron chi connectivity index (χ3n) is 4.10. The van der Waals surface area contributed by atoms with Gasteiger partial charge in [0.1, 0.15) is 0 Å². The second-order valence-electron chi connectivity index (χ2n) is 6.06. The molecule has 0 spiro atoms. The van der Waals surface area contributed by atoms with Gasteiger partial charge in [-0.1, -0.05) is 37.3 Å². The van der Waals surface area contributed by atoms with E-state index in [0.717, 1.165) is 11.1 Å². The molecule has 0 bridgehead atoms. The highest BCUT2D eigenvalue weighted by atomic mass is 16.4. The number of nitrogens with zero attached hydrogens (tertiary/aromatic N) is 1. The minimum Gasteiger partial charge on any atom is -0.465 e. The Morgan fingerprint density at radius 3 is 2.67 bits per heavy atom. The molecule has 0 saturated carbocycles. The molecule has 2 aromatic rings. The largest absolute Gasteiger partial charge is 0.465 e. The molecule has 0 unspecified atom stereocenters. The highest BCUT2D eigenvalue weighted by Gasteiger charge is 2.16. The number of rotatable bonds is 8. The predicted octanol–water partition coefficient (Wildman–Crippen LogP) is 4.39. The molecule has 2 amide bonds. The second-order valence-corrected chi connectivity index (χ2v) is 6.06. The Kier molecular flexibility index (Phi) is 6.88. The second kappa shape index (κ2) is 9.33. The lowest BCUT2D eigenvalue weighted by molar-refractivity contribution is -0.118. The van der Waals surface area contributed by atoms with Gasteiger partial charge in [-0.15, -0.1) is 13.2 Å². The summed E-state index contributed by atoms with van der Waals surface area (Å²) in [6.07, 6.45) is 4.13. The highest BCUT2D eigenvalue weighted by Crippen LogP contribution is 2.30. The maximum atomic E-state index is 12.2. The van der Waals surface area contributed by atoms with Gasteiger partial charge in [0, 0.05) is 17.4 Å². The Morgan fingerprint density at radius 1 is 1.26 bits per heavy atom. The first-order valence-electron chi connectivity index (χ1n) is 8.55. The van der Waals surface area contributed by atoms with Gasteiger partial charge in [-0.05, 0) is 30.2 Å². The van der Waals surface area contributed by atoms with Crippen LogP contribution in [-0.4, -0.2) is 22.1 Å². The standard InChI is InChI=1S/C21H23N3O3/c1-4-8-18(24-21(26)27)19-13-15(11-12-22-19)16-9-6-7-10-17(16)23-20(25)14(3)5-2/h4-7,9-14,18,24H,1-2,8H2,3H3,(H,23,25)(H,26,27)/t14-,18+/m1/s1. The van der Waals surface area contributed by atoms with E-state index < -0.39 is 12.1 Å².